The molecule has 290 valence electrons. The second-order valence-corrected chi connectivity index (χ2v) is 18.4. The van der Waals surface area contributed by atoms with Crippen molar-refractivity contribution in [2.75, 3.05) is 0 Å². The van der Waals surface area contributed by atoms with Crippen LogP contribution in [0.15, 0.2) is 4.42 Å². The molecule has 0 saturated carbocycles. The topological polar surface area (TPSA) is 56.7 Å². The summed E-state index contributed by atoms with van der Waals surface area (Å²) in [5.41, 5.74) is -5.37. The average Bonchev–Trinajstić information content (AvgIpc) is 3.73. The molecule has 10 rings (SSSR count). The molecule has 56 radical (unpaired) electrons. The van der Waals surface area contributed by atoms with Crippen LogP contribution in [-0.4, -0.2) is 239 Å². The molecule has 0 fully saturated rings. The quantitative estimate of drug-likeness (QED) is 0.161. The van der Waals surface area contributed by atoms with Crippen molar-refractivity contribution in [1.82, 2.24) is 19.5 Å². The lowest BCUT2D eigenvalue weighted by atomic mass is 9.56. The van der Waals surface area contributed by atoms with E-state index in [0.717, 1.165) is 0 Å². The highest BCUT2D eigenvalue weighted by molar-refractivity contribution is 6.75. The number of aromatic nitrogens is 4. The highest BCUT2D eigenvalue weighted by Crippen LogP contribution is 2.35. The molecule has 5 nitrogen and oxygen atoms in total. The smallest absolute Gasteiger partial charge is 0.163 e. The van der Waals surface area contributed by atoms with Crippen molar-refractivity contribution < 1.29 is 4.42 Å². The summed E-state index contributed by atoms with van der Waals surface area (Å²) in [6, 6.07) is 0. The van der Waals surface area contributed by atoms with Crippen molar-refractivity contribution in [1.29, 1.82) is 0 Å². The highest BCUT2D eigenvalue weighted by Gasteiger charge is 2.31. The molecule has 0 atom stereocenters. The van der Waals surface area contributed by atoms with Crippen molar-refractivity contribution in [2.45, 2.75) is 0 Å². The summed E-state index contributed by atoms with van der Waals surface area (Å²) in [5, 5.41) is 0.371. The maximum Gasteiger partial charge on any atom is 0.163 e. The van der Waals surface area contributed by atoms with Crippen molar-refractivity contribution in [3.8, 4) is 51.0 Å². The highest BCUT2D eigenvalue weighted by atomic mass is 16.3. The third-order valence-electron chi connectivity index (χ3n) is 14.4. The molecule has 7 aromatic carbocycles. The Hall–Kier alpha value is -5.03. The molecule has 0 unspecified atom stereocenters. The molecule has 0 aliphatic heterocycles. The van der Waals surface area contributed by atoms with Gasteiger partial charge in [0.05, 0.1) is 11.1 Å². The summed E-state index contributed by atoms with van der Waals surface area (Å²) in [6.45, 7) is 0. The monoisotopic (exact) mass is 920 g/mol. The summed E-state index contributed by atoms with van der Waals surface area (Å²) in [4.78, 5) is 14.2. The Morgan fingerprint density at radius 1 is 0.205 bits per heavy atom. The van der Waals surface area contributed by atoms with Gasteiger partial charge in [-0.25, -0.2) is 15.0 Å². The molecule has 0 aliphatic carbocycles. The fourth-order valence-corrected chi connectivity index (χ4v) is 10.0. The Bertz CT molecular complexity index is 4330. The maximum atomic E-state index is 7.16. The Labute approximate surface area is 488 Å². The van der Waals surface area contributed by atoms with Gasteiger partial charge in [0.25, 0.3) is 0 Å². The zero-order valence-electron chi connectivity index (χ0n) is 40.9. The van der Waals surface area contributed by atoms with E-state index in [0.29, 0.717) is 0 Å². The van der Waals surface area contributed by atoms with Crippen LogP contribution in [0.4, 0.5) is 0 Å². The third-order valence-corrected chi connectivity index (χ3v) is 14.4. The van der Waals surface area contributed by atoms with Crippen molar-refractivity contribution >= 4 is 416 Å². The molecule has 0 spiro atoms. The first-order valence-electron chi connectivity index (χ1n) is 22.5. The fourth-order valence-electron chi connectivity index (χ4n) is 10.0. The van der Waals surface area contributed by atoms with Crippen LogP contribution in [0, 0.1) is 0 Å². The van der Waals surface area contributed by atoms with Gasteiger partial charge in [-0.05, 0) is 27.4 Å². The third kappa shape index (κ3) is 7.52. The van der Waals surface area contributed by atoms with E-state index in [4.69, 9.17) is 239 Å². The lowest BCUT2D eigenvalue weighted by Gasteiger charge is -2.28. The van der Waals surface area contributed by atoms with Crippen LogP contribution >= 0.6 is 0 Å². The first-order chi connectivity index (χ1) is 36.4. The van der Waals surface area contributed by atoms with Gasteiger partial charge >= 0.3 is 0 Å². The summed E-state index contributed by atoms with van der Waals surface area (Å²) in [5.74, 6) is -1.04. The van der Waals surface area contributed by atoms with Gasteiger partial charge in [0.2, 0.25) is 0 Å². The van der Waals surface area contributed by atoms with Crippen molar-refractivity contribution in [3.63, 3.8) is 0 Å². The molecule has 0 amide bonds. The zero-order chi connectivity index (χ0) is 57.4. The van der Waals surface area contributed by atoms with E-state index in [1.165, 1.54) is 4.57 Å². The molecule has 0 N–H and O–H groups in total. The maximum absolute atomic E-state index is 7.16. The largest absolute Gasteiger partial charge is 0.457 e. The fraction of sp³-hybridized carbons (Fsp3) is 0. The number of nitrogens with zero attached hydrogens (tertiary/aromatic N) is 4. The predicted molar refractivity (Wildman–Crippen MR) is 354 cm³/mol. The van der Waals surface area contributed by atoms with E-state index < -0.39 is 0 Å². The molecule has 3 heterocycles. The van der Waals surface area contributed by atoms with Gasteiger partial charge in [0.1, 0.15) is 231 Å². The Morgan fingerprint density at radius 3 is 0.833 bits per heavy atom. The van der Waals surface area contributed by atoms with E-state index in [1.54, 1.807) is 0 Å². The van der Waals surface area contributed by atoms with E-state index in [9.17, 15) is 0 Å². The Morgan fingerprint density at radius 2 is 0.449 bits per heavy atom. The number of hydrogen-bond acceptors (Lipinski definition) is 4. The number of furan rings is 1. The van der Waals surface area contributed by atoms with E-state index in [-0.39, 0.29) is 248 Å². The van der Waals surface area contributed by atoms with Crippen LogP contribution in [-0.2, 0) is 0 Å². The van der Waals surface area contributed by atoms with E-state index in [1.807, 2.05) is 0 Å². The van der Waals surface area contributed by atoms with Crippen molar-refractivity contribution in [3.05, 3.63) is 0 Å². The lowest BCUT2D eigenvalue weighted by molar-refractivity contribution is 0.674. The molecular formula is C45B28N4O. The van der Waals surface area contributed by atoms with Gasteiger partial charge in [-0.2, -0.15) is 0 Å². The minimum Gasteiger partial charge on any atom is -0.457 e. The van der Waals surface area contributed by atoms with Crippen LogP contribution in [0.5, 0.6) is 0 Å². The number of fused-ring (bicyclic) bond motifs is 6. The van der Waals surface area contributed by atoms with E-state index >= 15 is 0 Å². The molecule has 78 heavy (non-hydrogen) atoms. The Kier molecular flexibility index (Phi) is 13.9. The molecular weight excluding hydrogens is 915 g/mol. The van der Waals surface area contributed by atoms with Crippen LogP contribution in [0.25, 0.3) is 94.7 Å². The standard InChI is InChI=1S/C45B28N4O/c46-10-1(2-12(48)23(59)29(65)24(60)13(2)49)11(47)18(54)7(17(10)53)43-74-44(8-20(56)27(63)30(66)28(64)21(8)57)76-45(75-43)9-19(55)16(52)5-6-40(36(72)33(69)37(73)42(6)78-41(5)22(9)58)77-38-3(14(50)25(61)31(67)34(38)70)4-15(51)26(62)32(68)35(71)39(4)77. The summed E-state index contributed by atoms with van der Waals surface area (Å²) in [6.07, 6.45) is 0. The van der Waals surface area contributed by atoms with Gasteiger partial charge in [0.15, 0.2) is 17.5 Å². The summed E-state index contributed by atoms with van der Waals surface area (Å²) >= 11 is 0. The summed E-state index contributed by atoms with van der Waals surface area (Å²) in [7, 11) is 185. The SMILES string of the molecule is [B]c1c([B])c([B])c(-c2nc(-c3c([B])c([B])c(-c4c([B])c([B])c([B])c([B])c4[B])c([B])c3[B])nc(-c3c([B])c([B])c4c(oc5c([B])c([B])c([B])c(-n6c7c([B])c([B])c([B])c([B])c7c7c([B])c([B])c([B])c([B])c76)c54)c3[B])n2)c([B])c1[B]. The number of benzene rings is 7. The number of hydrogen-bond donors (Lipinski definition) is 0. The van der Waals surface area contributed by atoms with Crippen molar-refractivity contribution in [2.24, 2.45) is 0 Å². The van der Waals surface area contributed by atoms with Crippen LogP contribution in [0.2, 0.25) is 0 Å². The Balaban J connectivity index is 1.35. The molecule has 10 aromatic rings. The van der Waals surface area contributed by atoms with Gasteiger partial charge < -0.3 is 8.98 Å². The summed E-state index contributed by atoms with van der Waals surface area (Å²) < 4.78 is 8.03. The minimum atomic E-state index is -0.360. The van der Waals surface area contributed by atoms with Crippen LogP contribution in [0.1, 0.15) is 0 Å². The second-order valence-electron chi connectivity index (χ2n) is 18.4. The van der Waals surface area contributed by atoms with Gasteiger partial charge in [0, 0.05) is 33.1 Å². The van der Waals surface area contributed by atoms with Gasteiger partial charge in [-0.1, -0.05) is 87.4 Å². The van der Waals surface area contributed by atoms with E-state index in [2.05, 4.69) is 0 Å². The minimum absolute atomic E-state index is 0.00579. The first kappa shape index (κ1) is 56.3. The molecule has 33 heteroatoms. The zero-order valence-corrected chi connectivity index (χ0v) is 40.9. The lowest BCUT2D eigenvalue weighted by Crippen LogP contribution is -2.57. The molecule has 3 aromatic heterocycles. The molecule has 0 bridgehead atoms. The van der Waals surface area contributed by atoms with Gasteiger partial charge in [-0.3, -0.25) is 0 Å². The predicted octanol–water partition coefficient (Wildman–Crippen LogP) is -22.2. The normalized spacial score (nSPS) is 11.7. The number of rotatable bonds is 5. The first-order valence-corrected chi connectivity index (χ1v) is 22.5. The van der Waals surface area contributed by atoms with Crippen LogP contribution in [0.3, 0.4) is 0 Å². The van der Waals surface area contributed by atoms with Gasteiger partial charge in [-0.15, -0.1) is 60.1 Å². The second kappa shape index (κ2) is 19.3. The molecule has 0 saturated heterocycles. The average molecular weight is 915 g/mol. The molecule has 0 aliphatic rings. The van der Waals surface area contributed by atoms with Crippen LogP contribution < -0.4 is 153 Å².